The van der Waals surface area contributed by atoms with E-state index in [0.29, 0.717) is 6.04 Å². The summed E-state index contributed by atoms with van der Waals surface area (Å²) in [5.41, 5.74) is 2.33. The molecule has 1 aromatic heterocycles. The van der Waals surface area contributed by atoms with Crippen molar-refractivity contribution in [2.24, 2.45) is 7.05 Å². The fraction of sp³-hybridized carbons (Fsp3) is 0.727. The van der Waals surface area contributed by atoms with Crippen molar-refractivity contribution in [2.75, 3.05) is 7.11 Å². The third-order valence-electron chi connectivity index (χ3n) is 2.81. The summed E-state index contributed by atoms with van der Waals surface area (Å²) in [6, 6.07) is 0.342. The number of rotatable bonds is 5. The predicted octanol–water partition coefficient (Wildman–Crippen LogP) is 1.24. The van der Waals surface area contributed by atoms with Crippen molar-refractivity contribution in [1.82, 2.24) is 15.1 Å². The molecule has 4 heteroatoms. The number of aromatic nitrogens is 2. The van der Waals surface area contributed by atoms with Crippen LogP contribution in [0.3, 0.4) is 0 Å². The molecule has 0 spiro atoms. The van der Waals surface area contributed by atoms with Gasteiger partial charge in [-0.05, 0) is 20.8 Å². The summed E-state index contributed by atoms with van der Waals surface area (Å²) in [5, 5.41) is 7.72. The minimum atomic E-state index is 0.224. The molecule has 1 rings (SSSR count). The van der Waals surface area contributed by atoms with Crippen LogP contribution < -0.4 is 5.32 Å². The lowest BCUT2D eigenvalue weighted by atomic mass is 10.2. The van der Waals surface area contributed by atoms with Crippen molar-refractivity contribution < 1.29 is 4.74 Å². The molecule has 0 amide bonds. The first-order chi connectivity index (χ1) is 7.04. The lowest BCUT2D eigenvalue weighted by Gasteiger charge is -2.19. The largest absolute Gasteiger partial charge is 0.380 e. The standard InChI is InChI=1S/C11H21N3O/c1-8(10(3)15-5)12-6-11-7-14(4)13-9(11)2/h7-8,10,12H,6H2,1-5H3. The van der Waals surface area contributed by atoms with Crippen LogP contribution >= 0.6 is 0 Å². The Morgan fingerprint density at radius 1 is 1.53 bits per heavy atom. The summed E-state index contributed by atoms with van der Waals surface area (Å²) in [6.07, 6.45) is 2.27. The van der Waals surface area contributed by atoms with Crippen molar-refractivity contribution >= 4 is 0 Å². The van der Waals surface area contributed by atoms with E-state index in [4.69, 9.17) is 4.74 Å². The molecule has 0 saturated carbocycles. The fourth-order valence-electron chi connectivity index (χ4n) is 1.46. The third-order valence-corrected chi connectivity index (χ3v) is 2.81. The normalized spacial score (nSPS) is 15.3. The first kappa shape index (κ1) is 12.2. The smallest absolute Gasteiger partial charge is 0.0693 e. The molecular formula is C11H21N3O. The van der Waals surface area contributed by atoms with Gasteiger partial charge >= 0.3 is 0 Å². The van der Waals surface area contributed by atoms with Gasteiger partial charge in [-0.25, -0.2) is 0 Å². The summed E-state index contributed by atoms with van der Waals surface area (Å²) in [5.74, 6) is 0. The second-order valence-electron chi connectivity index (χ2n) is 4.02. The summed E-state index contributed by atoms with van der Waals surface area (Å²) >= 11 is 0. The molecule has 0 fully saturated rings. The van der Waals surface area contributed by atoms with Crippen LogP contribution in [0.15, 0.2) is 6.20 Å². The second-order valence-corrected chi connectivity index (χ2v) is 4.02. The van der Waals surface area contributed by atoms with Crippen LogP contribution in [0.5, 0.6) is 0 Å². The molecule has 0 aliphatic heterocycles. The van der Waals surface area contributed by atoms with Gasteiger partial charge in [-0.1, -0.05) is 0 Å². The van der Waals surface area contributed by atoms with Gasteiger partial charge in [0.05, 0.1) is 11.8 Å². The molecule has 1 aromatic rings. The van der Waals surface area contributed by atoms with Crippen molar-refractivity contribution in [2.45, 2.75) is 39.5 Å². The van der Waals surface area contributed by atoms with Crippen LogP contribution in [0.4, 0.5) is 0 Å². The number of nitrogens with zero attached hydrogens (tertiary/aromatic N) is 2. The Morgan fingerprint density at radius 2 is 2.20 bits per heavy atom. The Morgan fingerprint density at radius 3 is 2.67 bits per heavy atom. The van der Waals surface area contributed by atoms with Gasteiger partial charge in [0.2, 0.25) is 0 Å². The monoisotopic (exact) mass is 211 g/mol. The Kier molecular flexibility index (Phi) is 4.29. The highest BCUT2D eigenvalue weighted by molar-refractivity contribution is 5.14. The topological polar surface area (TPSA) is 39.1 Å². The van der Waals surface area contributed by atoms with E-state index in [9.17, 15) is 0 Å². The summed E-state index contributed by atoms with van der Waals surface area (Å²) in [7, 11) is 3.68. The Bertz CT molecular complexity index is 309. The minimum Gasteiger partial charge on any atom is -0.380 e. The van der Waals surface area contributed by atoms with Gasteiger partial charge in [0.25, 0.3) is 0 Å². The van der Waals surface area contributed by atoms with E-state index < -0.39 is 0 Å². The predicted molar refractivity (Wildman–Crippen MR) is 60.7 cm³/mol. The quantitative estimate of drug-likeness (QED) is 0.796. The maximum atomic E-state index is 5.25. The number of aryl methyl sites for hydroxylation is 2. The second kappa shape index (κ2) is 5.28. The van der Waals surface area contributed by atoms with Crippen LogP contribution in [0, 0.1) is 6.92 Å². The van der Waals surface area contributed by atoms with Crippen molar-refractivity contribution in [3.63, 3.8) is 0 Å². The molecule has 0 aliphatic carbocycles. The van der Waals surface area contributed by atoms with Crippen LogP contribution in [0.25, 0.3) is 0 Å². The van der Waals surface area contributed by atoms with Gasteiger partial charge in [-0.2, -0.15) is 5.10 Å². The molecule has 0 saturated heterocycles. The molecule has 0 aromatic carbocycles. The zero-order chi connectivity index (χ0) is 11.4. The molecule has 1 N–H and O–H groups in total. The molecule has 86 valence electrons. The summed E-state index contributed by atoms with van der Waals surface area (Å²) in [6.45, 7) is 7.06. The fourth-order valence-corrected chi connectivity index (χ4v) is 1.46. The highest BCUT2D eigenvalue weighted by Gasteiger charge is 2.11. The molecule has 0 radical (unpaired) electrons. The van der Waals surface area contributed by atoms with E-state index >= 15 is 0 Å². The average molecular weight is 211 g/mol. The molecule has 0 aliphatic rings. The number of hydrogen-bond acceptors (Lipinski definition) is 3. The highest BCUT2D eigenvalue weighted by Crippen LogP contribution is 2.05. The zero-order valence-corrected chi connectivity index (χ0v) is 10.2. The maximum absolute atomic E-state index is 5.25. The maximum Gasteiger partial charge on any atom is 0.0693 e. The van der Waals surface area contributed by atoms with Gasteiger partial charge in [0.15, 0.2) is 0 Å². The number of methoxy groups -OCH3 is 1. The number of nitrogens with one attached hydrogen (secondary N) is 1. The van der Waals surface area contributed by atoms with Gasteiger partial charge < -0.3 is 10.1 Å². The van der Waals surface area contributed by atoms with Crippen LogP contribution in [0.2, 0.25) is 0 Å². The molecule has 15 heavy (non-hydrogen) atoms. The molecule has 2 unspecified atom stereocenters. The van der Waals surface area contributed by atoms with Crippen molar-refractivity contribution in [3.8, 4) is 0 Å². The van der Waals surface area contributed by atoms with Crippen molar-refractivity contribution in [3.05, 3.63) is 17.5 Å². The Balaban J connectivity index is 2.46. The van der Waals surface area contributed by atoms with E-state index in [0.717, 1.165) is 12.2 Å². The Hall–Kier alpha value is -0.870. The van der Waals surface area contributed by atoms with Gasteiger partial charge in [-0.3, -0.25) is 4.68 Å². The first-order valence-electron chi connectivity index (χ1n) is 5.30. The lowest BCUT2D eigenvalue weighted by molar-refractivity contribution is 0.0882. The van der Waals surface area contributed by atoms with E-state index in [-0.39, 0.29) is 6.10 Å². The SMILES string of the molecule is COC(C)C(C)NCc1cn(C)nc1C. The van der Waals surface area contributed by atoms with Gasteiger partial charge in [0, 0.05) is 38.5 Å². The number of hydrogen-bond donors (Lipinski definition) is 1. The minimum absolute atomic E-state index is 0.224. The number of ether oxygens (including phenoxy) is 1. The van der Waals surface area contributed by atoms with E-state index in [1.807, 2.05) is 24.9 Å². The third kappa shape index (κ3) is 3.32. The molecular weight excluding hydrogens is 190 g/mol. The van der Waals surface area contributed by atoms with Crippen molar-refractivity contribution in [1.29, 1.82) is 0 Å². The summed E-state index contributed by atoms with van der Waals surface area (Å²) < 4.78 is 7.10. The average Bonchev–Trinajstić information content (AvgIpc) is 2.52. The lowest BCUT2D eigenvalue weighted by Crippen LogP contribution is -2.36. The molecule has 2 atom stereocenters. The Labute approximate surface area is 91.6 Å². The van der Waals surface area contributed by atoms with Gasteiger partial charge in [0.1, 0.15) is 0 Å². The molecule has 0 bridgehead atoms. The zero-order valence-electron chi connectivity index (χ0n) is 10.2. The van der Waals surface area contributed by atoms with Crippen LogP contribution in [-0.2, 0) is 18.3 Å². The summed E-state index contributed by atoms with van der Waals surface area (Å²) in [4.78, 5) is 0. The van der Waals surface area contributed by atoms with E-state index in [1.54, 1.807) is 7.11 Å². The van der Waals surface area contributed by atoms with Crippen LogP contribution in [0.1, 0.15) is 25.1 Å². The molecule has 1 heterocycles. The highest BCUT2D eigenvalue weighted by atomic mass is 16.5. The first-order valence-corrected chi connectivity index (χ1v) is 5.30. The van der Waals surface area contributed by atoms with E-state index in [1.165, 1.54) is 5.56 Å². The molecule has 4 nitrogen and oxygen atoms in total. The van der Waals surface area contributed by atoms with E-state index in [2.05, 4.69) is 24.3 Å². The van der Waals surface area contributed by atoms with Crippen LogP contribution in [-0.4, -0.2) is 29.0 Å². The van der Waals surface area contributed by atoms with Gasteiger partial charge in [-0.15, -0.1) is 0 Å².